The number of hydrogen-bond donors (Lipinski definition) is 1. The van der Waals surface area contributed by atoms with Gasteiger partial charge in [-0.2, -0.15) is 0 Å². The lowest BCUT2D eigenvalue weighted by Gasteiger charge is -2.32. The van der Waals surface area contributed by atoms with Crippen LogP contribution in [-0.4, -0.2) is 42.2 Å². The molecule has 0 saturated carbocycles. The van der Waals surface area contributed by atoms with Crippen molar-refractivity contribution in [3.63, 3.8) is 0 Å². The summed E-state index contributed by atoms with van der Waals surface area (Å²) < 4.78 is 38.2. The van der Waals surface area contributed by atoms with Gasteiger partial charge < -0.3 is 9.31 Å². The number of nitrogens with two attached hydrogens (primary N) is 1. The van der Waals surface area contributed by atoms with E-state index in [0.717, 1.165) is 17.2 Å². The smallest absolute Gasteiger partial charge is 0.399 e. The van der Waals surface area contributed by atoms with Gasteiger partial charge in [0.2, 0.25) is 5.95 Å². The van der Waals surface area contributed by atoms with Crippen molar-refractivity contribution in [1.29, 1.82) is 0 Å². The van der Waals surface area contributed by atoms with E-state index in [1.165, 1.54) is 15.5 Å². The molecule has 13 heteroatoms. The highest BCUT2D eigenvalue weighted by Gasteiger charge is 2.51. The van der Waals surface area contributed by atoms with Gasteiger partial charge >= 0.3 is 7.12 Å². The maximum Gasteiger partial charge on any atom is 0.494 e. The maximum absolute atomic E-state index is 13.7. The number of sulfonamides is 1. The number of fused-ring (bicyclic) bond motifs is 1. The highest BCUT2D eigenvalue weighted by molar-refractivity contribution is 7.89. The first kappa shape index (κ1) is 26.2. The van der Waals surface area contributed by atoms with E-state index in [1.54, 1.807) is 12.1 Å². The summed E-state index contributed by atoms with van der Waals surface area (Å²) in [6.07, 6.45) is 1.34. The third-order valence-electron chi connectivity index (χ3n) is 7.09. The molecule has 37 heavy (non-hydrogen) atoms. The fraction of sp³-hybridized carbons (Fsp3) is 0.333. The molecule has 3 heterocycles. The Kier molecular flexibility index (Phi) is 6.25. The maximum atomic E-state index is 13.7. The zero-order valence-corrected chi connectivity index (χ0v) is 22.9. The molecule has 1 atom stereocenters. The van der Waals surface area contributed by atoms with Crippen molar-refractivity contribution < 1.29 is 22.5 Å². The summed E-state index contributed by atoms with van der Waals surface area (Å²) in [6.45, 7) is 7.94. The number of nitrogens with zero attached hydrogens (tertiary/aromatic N) is 3. The molecule has 1 amide bonds. The summed E-state index contributed by atoms with van der Waals surface area (Å²) in [5.41, 5.74) is 1.06. The molecular formula is C24H25BCl2N4O5S. The molecule has 9 nitrogen and oxygen atoms in total. The molecule has 1 saturated heterocycles. The van der Waals surface area contributed by atoms with Crippen LogP contribution in [0.3, 0.4) is 0 Å². The van der Waals surface area contributed by atoms with Crippen molar-refractivity contribution in [2.45, 2.75) is 56.4 Å². The lowest BCUT2D eigenvalue weighted by Crippen LogP contribution is -2.41. The molecule has 0 radical (unpaired) electrons. The van der Waals surface area contributed by atoms with E-state index in [0.29, 0.717) is 15.7 Å². The molecule has 194 valence electrons. The van der Waals surface area contributed by atoms with E-state index >= 15 is 0 Å². The predicted molar refractivity (Wildman–Crippen MR) is 142 cm³/mol. The number of hydrogen-bond acceptors (Lipinski definition) is 6. The summed E-state index contributed by atoms with van der Waals surface area (Å²) in [6, 6.07) is 11.2. The van der Waals surface area contributed by atoms with Crippen molar-refractivity contribution in [2.75, 3.05) is 4.90 Å². The minimum absolute atomic E-state index is 0.117. The molecule has 0 aliphatic carbocycles. The van der Waals surface area contributed by atoms with Crippen LogP contribution in [0, 0.1) is 0 Å². The quantitative estimate of drug-likeness (QED) is 0.475. The largest absolute Gasteiger partial charge is 0.494 e. The first-order valence-corrected chi connectivity index (χ1v) is 13.8. The normalized spacial score (nSPS) is 20.5. The molecule has 1 aromatic heterocycles. The zero-order valence-electron chi connectivity index (χ0n) is 20.6. The summed E-state index contributed by atoms with van der Waals surface area (Å²) >= 11 is 12.3. The third kappa shape index (κ3) is 4.58. The van der Waals surface area contributed by atoms with Gasteiger partial charge in [0.05, 0.1) is 23.1 Å². The van der Waals surface area contributed by atoms with Crippen LogP contribution in [-0.2, 0) is 30.5 Å². The van der Waals surface area contributed by atoms with E-state index in [4.69, 9.17) is 37.6 Å². The highest BCUT2D eigenvalue weighted by atomic mass is 35.5. The second kappa shape index (κ2) is 8.83. The molecule has 5 rings (SSSR count). The number of aromatic nitrogens is 2. The SMILES string of the molecule is CC1(C)OB(c2ccc(C[C@@H]3C(=O)N(c4cc(Cl)cc(Cl)c4)c4ncc(S(N)(=O)=O)n43)cc2)OC1(C)C. The molecule has 2 N–H and O–H groups in total. The van der Waals surface area contributed by atoms with E-state index < -0.39 is 34.4 Å². The van der Waals surface area contributed by atoms with Gasteiger partial charge in [-0.3, -0.25) is 9.36 Å². The molecule has 3 aromatic rings. The van der Waals surface area contributed by atoms with Crippen molar-refractivity contribution in [2.24, 2.45) is 5.14 Å². The van der Waals surface area contributed by atoms with Crippen LogP contribution in [0.25, 0.3) is 0 Å². The van der Waals surface area contributed by atoms with Gasteiger partial charge in [-0.05, 0) is 56.9 Å². The topological polar surface area (TPSA) is 117 Å². The summed E-state index contributed by atoms with van der Waals surface area (Å²) in [7, 11) is -4.68. The average Bonchev–Trinajstić information content (AvgIpc) is 3.37. The van der Waals surface area contributed by atoms with Gasteiger partial charge in [0.1, 0.15) is 6.04 Å². The van der Waals surface area contributed by atoms with Crippen LogP contribution in [0.5, 0.6) is 0 Å². The first-order valence-electron chi connectivity index (χ1n) is 11.5. The Balaban J connectivity index is 1.48. The molecule has 0 unspecified atom stereocenters. The molecular weight excluding hydrogens is 538 g/mol. The van der Waals surface area contributed by atoms with Gasteiger partial charge in [0.15, 0.2) is 5.03 Å². The average molecular weight is 563 g/mol. The van der Waals surface area contributed by atoms with Gasteiger partial charge in [0.25, 0.3) is 15.9 Å². The van der Waals surface area contributed by atoms with Crippen LogP contribution < -0.4 is 15.5 Å². The van der Waals surface area contributed by atoms with Crippen molar-refractivity contribution >= 4 is 63.3 Å². The number of imidazole rings is 1. The number of halogens is 2. The summed E-state index contributed by atoms with van der Waals surface area (Å²) in [5, 5.41) is 5.84. The zero-order chi connectivity index (χ0) is 26.9. The predicted octanol–water partition coefficient (Wildman–Crippen LogP) is 3.60. The Morgan fingerprint density at radius 1 is 1.03 bits per heavy atom. The van der Waals surface area contributed by atoms with E-state index in [1.807, 2.05) is 52.0 Å². The Bertz CT molecular complexity index is 1470. The number of carbonyl (C=O) groups is 1. The number of carbonyl (C=O) groups excluding carboxylic acids is 1. The van der Waals surface area contributed by atoms with Crippen LogP contribution >= 0.6 is 23.2 Å². The van der Waals surface area contributed by atoms with Crippen LogP contribution in [0.4, 0.5) is 11.6 Å². The van der Waals surface area contributed by atoms with Crippen LogP contribution in [0.1, 0.15) is 39.3 Å². The first-order chi connectivity index (χ1) is 17.2. The van der Waals surface area contributed by atoms with Gasteiger partial charge in [-0.15, -0.1) is 0 Å². The van der Waals surface area contributed by atoms with Gasteiger partial charge in [-0.1, -0.05) is 47.5 Å². The Morgan fingerprint density at radius 3 is 2.14 bits per heavy atom. The van der Waals surface area contributed by atoms with E-state index in [-0.39, 0.29) is 23.3 Å². The fourth-order valence-corrected chi connectivity index (χ4v) is 5.66. The summed E-state index contributed by atoms with van der Waals surface area (Å²) in [4.78, 5) is 19.2. The Morgan fingerprint density at radius 2 is 1.59 bits per heavy atom. The van der Waals surface area contributed by atoms with Crippen molar-refractivity contribution in [3.8, 4) is 0 Å². The molecule has 2 aliphatic rings. The number of amides is 1. The molecule has 1 fully saturated rings. The summed E-state index contributed by atoms with van der Waals surface area (Å²) in [5.74, 6) is -0.271. The number of benzene rings is 2. The minimum atomic E-state index is -4.16. The fourth-order valence-electron chi connectivity index (χ4n) is 4.47. The third-order valence-corrected chi connectivity index (χ3v) is 8.41. The number of rotatable bonds is 5. The molecule has 2 aromatic carbocycles. The second-order valence-electron chi connectivity index (χ2n) is 10.2. The standard InChI is InChI=1S/C24H25BCl2N4O5S/c1-23(2)24(3,4)36-25(35-23)15-7-5-14(6-8-15)9-19-21(32)30(18-11-16(26)10-17(27)12-18)22-29-13-20(31(19)22)37(28,33)34/h5-8,10-13,19H,9H2,1-4H3,(H2,28,33,34)/t19-/m1/s1. The van der Waals surface area contributed by atoms with Gasteiger partial charge in [0, 0.05) is 16.5 Å². The minimum Gasteiger partial charge on any atom is -0.399 e. The molecule has 0 bridgehead atoms. The number of anilines is 2. The molecule has 2 aliphatic heterocycles. The van der Waals surface area contributed by atoms with E-state index in [9.17, 15) is 13.2 Å². The van der Waals surface area contributed by atoms with Crippen LogP contribution in [0.15, 0.2) is 53.7 Å². The van der Waals surface area contributed by atoms with Crippen LogP contribution in [0.2, 0.25) is 10.0 Å². The van der Waals surface area contributed by atoms with Gasteiger partial charge in [-0.25, -0.2) is 23.4 Å². The second-order valence-corrected chi connectivity index (χ2v) is 12.5. The highest BCUT2D eigenvalue weighted by Crippen LogP contribution is 2.41. The van der Waals surface area contributed by atoms with E-state index in [2.05, 4.69) is 4.98 Å². The lowest BCUT2D eigenvalue weighted by atomic mass is 9.78. The molecule has 0 spiro atoms. The Labute approximate surface area is 225 Å². The van der Waals surface area contributed by atoms with Crippen molar-refractivity contribution in [1.82, 2.24) is 9.55 Å². The Hall–Kier alpha value is -2.41. The number of primary sulfonamides is 1. The monoisotopic (exact) mass is 562 g/mol. The lowest BCUT2D eigenvalue weighted by molar-refractivity contribution is -0.119. The van der Waals surface area contributed by atoms with Crippen molar-refractivity contribution in [3.05, 3.63) is 64.3 Å².